The fraction of sp³-hybridized carbons (Fsp3) is 0. The largest absolute Gasteiger partial charge is 0.477 e. The van der Waals surface area contributed by atoms with Crippen LogP contribution in [0.15, 0.2) is 95.0 Å². The molecule has 0 saturated carbocycles. The van der Waals surface area contributed by atoms with Crippen molar-refractivity contribution in [2.75, 3.05) is 0 Å². The Balaban J connectivity index is 0.000000490. The van der Waals surface area contributed by atoms with Crippen LogP contribution in [0.25, 0.3) is 0 Å². The molecule has 0 aromatic carbocycles. The third-order valence-corrected chi connectivity index (χ3v) is 3.77. The van der Waals surface area contributed by atoms with Gasteiger partial charge in [0.15, 0.2) is 10.9 Å². The van der Waals surface area contributed by atoms with Crippen LogP contribution >= 0.6 is 0 Å². The Kier molecular flexibility index (Phi) is 16.7. The van der Waals surface area contributed by atoms with Gasteiger partial charge in [-0.05, 0) is 24.3 Å². The second-order valence-electron chi connectivity index (χ2n) is 6.53. The Morgan fingerprint density at radius 1 is 0.564 bits per heavy atom. The molecule has 15 heteroatoms. The van der Waals surface area contributed by atoms with Crippen molar-refractivity contribution in [3.8, 4) is 0 Å². The summed E-state index contributed by atoms with van der Waals surface area (Å²) < 4.78 is 0. The number of aromatic carboxylic acids is 4. The van der Waals surface area contributed by atoms with Crippen molar-refractivity contribution in [2.24, 2.45) is 0 Å². The molecule has 4 heterocycles. The monoisotopic (exact) mass is 677 g/mol. The van der Waals surface area contributed by atoms with Gasteiger partial charge in [0.2, 0.25) is 0 Å². The topological polar surface area (TPSA) is 241 Å². The van der Waals surface area contributed by atoms with E-state index in [1.54, 1.807) is 24.3 Å². The average Bonchev–Trinajstić information content (AvgIpc) is 2.91. The zero-order chi connectivity index (χ0) is 28.5. The van der Waals surface area contributed by atoms with Gasteiger partial charge < -0.3 is 30.4 Å². The van der Waals surface area contributed by atoms with Gasteiger partial charge in [-0.1, -0.05) is 12.1 Å². The van der Waals surface area contributed by atoms with E-state index in [2.05, 4.69) is 19.9 Å². The minimum Gasteiger partial charge on any atom is -0.477 e. The van der Waals surface area contributed by atoms with E-state index in [0.717, 1.165) is 12.1 Å². The molecule has 6 N–H and O–H groups in total. The summed E-state index contributed by atoms with van der Waals surface area (Å²) in [6, 6.07) is 14.1. The Labute approximate surface area is 259 Å². The number of nitrogens with one attached hydrogen (secondary N) is 2. The van der Waals surface area contributed by atoms with Crippen LogP contribution in [0.4, 0.5) is 0 Å². The smallest absolute Gasteiger partial charge is 0.354 e. The third kappa shape index (κ3) is 14.9. The van der Waals surface area contributed by atoms with Gasteiger partial charge in [0.05, 0.1) is 0 Å². The average molecular weight is 676 g/mol. The maximum atomic E-state index is 10.5. The number of carbonyl (C=O) groups is 4. The predicted octanol–water partition coefficient (Wildman–Crippen LogP) is 1.71. The second kappa shape index (κ2) is 18.8. The molecular formula is C24H20EuN4O10. The summed E-state index contributed by atoms with van der Waals surface area (Å²) in [7, 11) is 0. The van der Waals surface area contributed by atoms with Gasteiger partial charge in [0.1, 0.15) is 22.8 Å². The van der Waals surface area contributed by atoms with E-state index in [1.165, 1.54) is 49.1 Å². The molecule has 4 aromatic heterocycles. The van der Waals surface area contributed by atoms with Gasteiger partial charge in [-0.3, -0.25) is 9.59 Å². The quantitative estimate of drug-likeness (QED) is 0.181. The van der Waals surface area contributed by atoms with Gasteiger partial charge in [-0.2, -0.15) is 0 Å². The summed E-state index contributed by atoms with van der Waals surface area (Å²) in [5, 5.41) is 33.3. The van der Waals surface area contributed by atoms with Crippen LogP contribution in [-0.2, 0) is 0 Å². The Morgan fingerprint density at radius 3 is 1.10 bits per heavy atom. The molecule has 0 spiro atoms. The number of aromatic nitrogens is 4. The Bertz CT molecular complexity index is 1360. The second-order valence-corrected chi connectivity index (χ2v) is 6.53. The molecule has 4 rings (SSSR count). The number of hydrogen-bond donors (Lipinski definition) is 6. The van der Waals surface area contributed by atoms with Crippen LogP contribution in [0.1, 0.15) is 42.0 Å². The van der Waals surface area contributed by atoms with Crippen LogP contribution in [-0.4, -0.2) is 64.2 Å². The van der Waals surface area contributed by atoms with E-state index in [-0.39, 0.29) is 83.0 Å². The van der Waals surface area contributed by atoms with Gasteiger partial charge >= 0.3 is 23.9 Å². The summed E-state index contributed by atoms with van der Waals surface area (Å²) >= 11 is 0. The van der Waals surface area contributed by atoms with Gasteiger partial charge in [-0.25, -0.2) is 29.1 Å². The molecule has 0 atom stereocenters. The van der Waals surface area contributed by atoms with E-state index in [4.69, 9.17) is 20.4 Å². The van der Waals surface area contributed by atoms with Crippen LogP contribution in [0, 0.1) is 49.4 Å². The maximum absolute atomic E-state index is 10.5. The van der Waals surface area contributed by atoms with Gasteiger partial charge in [-0.15, -0.1) is 0 Å². The van der Waals surface area contributed by atoms with Crippen molar-refractivity contribution in [1.29, 1.82) is 0 Å². The predicted molar refractivity (Wildman–Crippen MR) is 130 cm³/mol. The number of carboxylic acids is 4. The fourth-order valence-corrected chi connectivity index (χ4v) is 2.12. The fourth-order valence-electron chi connectivity index (χ4n) is 2.12. The molecule has 0 aliphatic carbocycles. The van der Waals surface area contributed by atoms with Crippen molar-refractivity contribution in [3.63, 3.8) is 0 Å². The van der Waals surface area contributed by atoms with Crippen molar-refractivity contribution in [2.45, 2.75) is 0 Å². The maximum Gasteiger partial charge on any atom is 0.354 e. The number of carboxylic acid groups (broad SMARTS) is 4. The van der Waals surface area contributed by atoms with Crippen LogP contribution in [0.2, 0.25) is 0 Å². The minimum absolute atomic E-state index is 0. The Hall–Kier alpha value is -4.34. The first-order chi connectivity index (χ1) is 18.0. The van der Waals surface area contributed by atoms with Crippen LogP contribution in [0.3, 0.4) is 0 Å². The summed E-state index contributed by atoms with van der Waals surface area (Å²) in [5.74, 6) is -4.23. The number of rotatable bonds is 4. The Morgan fingerprint density at radius 2 is 0.923 bits per heavy atom. The normalized spacial score (nSPS) is 8.82. The molecule has 0 aliphatic heterocycles. The van der Waals surface area contributed by atoms with Gasteiger partial charge in [0.25, 0.3) is 0 Å². The molecule has 0 unspecified atom stereocenters. The van der Waals surface area contributed by atoms with E-state index in [0.29, 0.717) is 0 Å². The standard InChI is InChI=1S/2C6H5NO3.2C6H5NO2.Eu/c2*8-4-1-2-7-5(3-4)6(9)10;2*8-6(9)5-3-1-2-4-7-5;/h2*1-3H,(H,7,8)(H,9,10);2*1-4H,(H,8,9);. The molecule has 0 bridgehead atoms. The molecule has 4 aromatic rings. The van der Waals surface area contributed by atoms with E-state index < -0.39 is 23.9 Å². The van der Waals surface area contributed by atoms with Crippen molar-refractivity contribution < 1.29 is 89.0 Å². The number of H-pyrrole nitrogens is 2. The zero-order valence-corrected chi connectivity index (χ0v) is 22.0. The molecule has 0 fully saturated rings. The SMILES string of the molecule is O=C(O)c1cc(=O)cc[nH]1.O=C(O)c1cc(=O)cc[nH]1.O=C(O)c1ccccn1.O=C(O)c1ccccn1.[Eu]. The summed E-state index contributed by atoms with van der Waals surface area (Å²) in [5.41, 5.74) is -0.637. The molecule has 0 saturated heterocycles. The summed E-state index contributed by atoms with van der Waals surface area (Å²) in [4.78, 5) is 73.6. The molecule has 0 aliphatic rings. The third-order valence-electron chi connectivity index (χ3n) is 3.77. The summed E-state index contributed by atoms with van der Waals surface area (Å²) in [6.45, 7) is 0. The molecule has 203 valence electrons. The number of hydrogen-bond acceptors (Lipinski definition) is 8. The van der Waals surface area contributed by atoms with Crippen LogP contribution in [0.5, 0.6) is 0 Å². The molecular weight excluding hydrogens is 656 g/mol. The minimum atomic E-state index is -1.13. The molecule has 0 amide bonds. The van der Waals surface area contributed by atoms with Gasteiger partial charge in [0, 0.05) is 98.4 Å². The first-order valence-electron chi connectivity index (χ1n) is 10.1. The van der Waals surface area contributed by atoms with Crippen LogP contribution < -0.4 is 10.9 Å². The number of nitrogens with zero attached hydrogens (tertiary/aromatic N) is 2. The zero-order valence-electron chi connectivity index (χ0n) is 19.6. The van der Waals surface area contributed by atoms with Crippen molar-refractivity contribution in [1.82, 2.24) is 19.9 Å². The summed E-state index contributed by atoms with van der Waals surface area (Å²) in [6.07, 6.45) is 5.49. The van der Waals surface area contributed by atoms with E-state index in [1.807, 2.05) is 0 Å². The molecule has 14 nitrogen and oxygen atoms in total. The van der Waals surface area contributed by atoms with E-state index >= 15 is 0 Å². The van der Waals surface area contributed by atoms with E-state index in [9.17, 15) is 28.8 Å². The number of pyridine rings is 4. The number of aromatic amines is 2. The van der Waals surface area contributed by atoms with Crippen molar-refractivity contribution >= 4 is 23.9 Å². The first kappa shape index (κ1) is 34.7. The van der Waals surface area contributed by atoms with Crippen molar-refractivity contribution in [3.05, 3.63) is 129 Å². The molecule has 1 radical (unpaired) electrons. The first-order valence-corrected chi connectivity index (χ1v) is 10.1. The molecule has 39 heavy (non-hydrogen) atoms.